The van der Waals surface area contributed by atoms with Gasteiger partial charge in [0.15, 0.2) is 0 Å². The van der Waals surface area contributed by atoms with Gasteiger partial charge < -0.3 is 0 Å². The Bertz CT molecular complexity index is 1070. The molecule has 15 heteroatoms. The number of benzene rings is 2. The van der Waals surface area contributed by atoms with Crippen molar-refractivity contribution in [1.29, 1.82) is 0 Å². The Balaban J connectivity index is 2.73. The van der Waals surface area contributed by atoms with Gasteiger partial charge in [0.2, 0.25) is 0 Å². The Morgan fingerprint density at radius 3 is 1.26 bits per heavy atom. The van der Waals surface area contributed by atoms with Gasteiger partial charge in [-0.3, -0.25) is 0 Å². The Kier molecular flexibility index (Phi) is 11.6. The lowest BCUT2D eigenvalue weighted by Gasteiger charge is -2.72. The maximum absolute atomic E-state index is 4.35. The van der Waals surface area contributed by atoms with Crippen molar-refractivity contribution in [2.24, 2.45) is 0 Å². The van der Waals surface area contributed by atoms with Gasteiger partial charge in [0, 0.05) is 4.47 Å². The van der Waals surface area contributed by atoms with Crippen molar-refractivity contribution in [2.75, 3.05) is 0 Å². The monoisotopic (exact) mass is 1430 g/mol. The molecule has 2 aromatic rings. The van der Waals surface area contributed by atoms with Gasteiger partial charge in [-0.2, -0.15) is 0 Å². The predicted molar refractivity (Wildman–Crippen MR) is 205 cm³/mol. The average Bonchev–Trinajstić information content (AvgIpc) is 2.73. The molecule has 1 aliphatic rings. The number of hydrogen-bond acceptors (Lipinski definition) is 0. The molecule has 2 aromatic carbocycles. The lowest BCUT2D eigenvalue weighted by atomic mass is 9.62. The fraction of sp³-hybridized carbons (Fsp3) is 0.400. The summed E-state index contributed by atoms with van der Waals surface area (Å²) < 4.78 is -5.72. The highest BCUT2D eigenvalue weighted by molar-refractivity contribution is 9.39. The van der Waals surface area contributed by atoms with E-state index in [9.17, 15) is 0 Å². The molecule has 1 aliphatic carbocycles. The van der Waals surface area contributed by atoms with Gasteiger partial charge in [-0.25, -0.2) is 0 Å². The van der Waals surface area contributed by atoms with Crippen molar-refractivity contribution in [1.82, 2.24) is 0 Å². The summed E-state index contributed by atoms with van der Waals surface area (Å²) in [5.41, 5.74) is 1.00. The van der Waals surface area contributed by atoms with Gasteiger partial charge in [0.25, 0.3) is 0 Å². The molecule has 0 N–H and O–H groups in total. The first-order chi connectivity index (χ1) is 15.6. The molecule has 0 aromatic heterocycles. The van der Waals surface area contributed by atoms with E-state index in [2.05, 4.69) is 257 Å². The second-order valence-electron chi connectivity index (χ2n) is 7.62. The SMILES string of the molecule is Brc1ccccc1C(c1ccccc1)(C(Br)(Br)Br)C1(Br)C(Br)(Br)C(Br)(Br)C(Br)(Br)C(Br)(Br)C1(Br)Br. The average molecular weight is 1450 g/mol. The third kappa shape index (κ3) is 4.76. The van der Waals surface area contributed by atoms with Crippen molar-refractivity contribution in [3.63, 3.8) is 0 Å². The number of hydrogen-bond donors (Lipinski definition) is 0. The van der Waals surface area contributed by atoms with E-state index in [0.717, 1.165) is 15.6 Å². The highest BCUT2D eigenvalue weighted by Crippen LogP contribution is 2.86. The van der Waals surface area contributed by atoms with E-state index in [1.807, 2.05) is 36.4 Å². The third-order valence-electron chi connectivity index (χ3n) is 5.87. The molecule has 35 heavy (non-hydrogen) atoms. The molecule has 0 heterocycles. The van der Waals surface area contributed by atoms with Crippen LogP contribution in [-0.4, -0.2) is 22.6 Å². The van der Waals surface area contributed by atoms with E-state index in [4.69, 9.17) is 0 Å². The molecule has 0 bridgehead atoms. The molecule has 1 atom stereocenters. The fourth-order valence-corrected chi connectivity index (χ4v) is 21.6. The van der Waals surface area contributed by atoms with Crippen LogP contribution in [0.2, 0.25) is 0 Å². The van der Waals surface area contributed by atoms with Crippen molar-refractivity contribution in [2.45, 2.75) is 28.0 Å². The van der Waals surface area contributed by atoms with Crippen LogP contribution in [0.1, 0.15) is 11.1 Å². The van der Waals surface area contributed by atoms with Gasteiger partial charge in [0.05, 0.1) is 9.74 Å². The maximum Gasteiger partial charge on any atom is 0.150 e. The van der Waals surface area contributed by atoms with Gasteiger partial charge in [0.1, 0.15) is 18.3 Å². The lowest BCUT2D eigenvalue weighted by molar-refractivity contribution is 0.294. The largest absolute Gasteiger partial charge is 0.150 e. The van der Waals surface area contributed by atoms with Gasteiger partial charge >= 0.3 is 0 Å². The van der Waals surface area contributed by atoms with E-state index in [1.54, 1.807) is 0 Å². The second-order valence-corrected chi connectivity index (χ2v) is 33.6. The van der Waals surface area contributed by atoms with Crippen LogP contribution in [0.4, 0.5) is 0 Å². The quantitative estimate of drug-likeness (QED) is 0.269. The zero-order valence-electron chi connectivity index (χ0n) is 16.4. The number of rotatable bonds is 3. The topological polar surface area (TPSA) is 0 Å². The van der Waals surface area contributed by atoms with Gasteiger partial charge in [-0.15, -0.1) is 0 Å². The van der Waals surface area contributed by atoms with E-state index in [-0.39, 0.29) is 0 Å². The minimum Gasteiger partial charge on any atom is -0.0787 e. The zero-order chi connectivity index (χ0) is 27.1. The van der Waals surface area contributed by atoms with E-state index >= 15 is 0 Å². The second kappa shape index (κ2) is 11.5. The first-order valence-corrected chi connectivity index (χ1v) is 21.0. The lowest BCUT2D eigenvalue weighted by Crippen LogP contribution is -2.84. The molecular weight excluding hydrogens is 1440 g/mol. The molecule has 0 spiro atoms. The summed E-state index contributed by atoms with van der Waals surface area (Å²) in [5.74, 6) is 0. The first kappa shape index (κ1) is 35.1. The van der Waals surface area contributed by atoms with E-state index in [0.29, 0.717) is 0 Å². The zero-order valence-corrected chi connectivity index (χ0v) is 40.2. The predicted octanol–water partition coefficient (Wildman–Crippen LogP) is 14.2. The summed E-state index contributed by atoms with van der Waals surface area (Å²) in [6.45, 7) is 0. The van der Waals surface area contributed by atoms with Gasteiger partial charge in [-0.1, -0.05) is 287 Å². The molecule has 3 rings (SSSR count). The molecule has 0 radical (unpaired) electrons. The van der Waals surface area contributed by atoms with Crippen LogP contribution < -0.4 is 0 Å². The molecule has 1 saturated carbocycles. The summed E-state index contributed by atoms with van der Waals surface area (Å²) >= 11 is 60.6. The minimum atomic E-state index is -1.05. The Morgan fingerprint density at radius 2 is 0.857 bits per heavy atom. The van der Waals surface area contributed by atoms with E-state index in [1.165, 1.54) is 0 Å². The number of halogens is 15. The highest BCUT2D eigenvalue weighted by Gasteiger charge is 2.90. The standard InChI is InChI=1S/C20H9Br15/c21-12-9-5-4-8-11(12)13(20(33,34)35,10-6-2-1-3-7-10)14(22)15(23,24)17(27,28)19(31,32)18(29,30)16(14,25)26/h1-9H. The van der Waals surface area contributed by atoms with E-state index < -0.39 is 28.0 Å². The van der Waals surface area contributed by atoms with Crippen LogP contribution in [0.25, 0.3) is 0 Å². The Labute approximate surface area is 330 Å². The maximum atomic E-state index is 4.35. The summed E-state index contributed by atoms with van der Waals surface area (Å²) in [5, 5.41) is 0. The third-order valence-corrected chi connectivity index (χ3v) is 32.7. The normalized spacial score (nSPS) is 25.5. The Hall–Kier alpha value is 5.64. The summed E-state index contributed by atoms with van der Waals surface area (Å²) in [6, 6.07) is 18.4. The fourth-order valence-electron chi connectivity index (χ4n) is 4.20. The summed E-state index contributed by atoms with van der Waals surface area (Å²) in [7, 11) is 0. The first-order valence-electron chi connectivity index (χ1n) is 9.07. The molecule has 0 aliphatic heterocycles. The Morgan fingerprint density at radius 1 is 0.486 bits per heavy atom. The van der Waals surface area contributed by atoms with Crippen molar-refractivity contribution < 1.29 is 0 Å². The van der Waals surface area contributed by atoms with Crippen LogP contribution in [0.15, 0.2) is 59.1 Å². The molecule has 0 amide bonds. The minimum absolute atomic E-state index is 0.860. The summed E-state index contributed by atoms with van der Waals surface area (Å²) in [4.78, 5) is 0. The molecule has 1 fully saturated rings. The van der Waals surface area contributed by atoms with Crippen LogP contribution in [0, 0.1) is 0 Å². The number of alkyl halides is 14. The molecule has 0 nitrogen and oxygen atoms in total. The van der Waals surface area contributed by atoms with Crippen molar-refractivity contribution in [3.05, 3.63) is 70.2 Å². The summed E-state index contributed by atoms with van der Waals surface area (Å²) in [6.07, 6.45) is 0. The van der Waals surface area contributed by atoms with Crippen molar-refractivity contribution in [3.8, 4) is 0 Å². The van der Waals surface area contributed by atoms with Crippen LogP contribution in [0.3, 0.4) is 0 Å². The highest BCUT2D eigenvalue weighted by atomic mass is 80.0. The molecule has 194 valence electrons. The van der Waals surface area contributed by atoms with Crippen LogP contribution in [0.5, 0.6) is 0 Å². The molecular formula is C20H9Br15. The van der Waals surface area contributed by atoms with Crippen LogP contribution in [-0.2, 0) is 5.41 Å². The van der Waals surface area contributed by atoms with Gasteiger partial charge in [-0.05, 0) is 17.2 Å². The molecule has 0 saturated heterocycles. The van der Waals surface area contributed by atoms with Crippen molar-refractivity contribution >= 4 is 239 Å². The smallest absolute Gasteiger partial charge is 0.0787 e. The molecule has 1 unspecified atom stereocenters. The van der Waals surface area contributed by atoms with Crippen LogP contribution >= 0.6 is 239 Å².